The van der Waals surface area contributed by atoms with Gasteiger partial charge in [-0.3, -0.25) is 4.79 Å². The summed E-state index contributed by atoms with van der Waals surface area (Å²) < 4.78 is 0. The van der Waals surface area contributed by atoms with Crippen LogP contribution in [0.4, 0.5) is 34.5 Å². The Balaban J connectivity index is 1.35. The Morgan fingerprint density at radius 1 is 0.917 bits per heavy atom. The van der Waals surface area contributed by atoms with Gasteiger partial charge in [-0.2, -0.15) is 4.98 Å². The molecule has 1 aliphatic carbocycles. The summed E-state index contributed by atoms with van der Waals surface area (Å²) in [5.41, 5.74) is 6.01. The average molecular weight is 484 g/mol. The molecule has 5 rings (SSSR count). The van der Waals surface area contributed by atoms with Crippen LogP contribution in [-0.2, 0) is 17.6 Å². The number of hydrogen-bond donors (Lipinski definition) is 3. The SMILES string of the molecule is C=CC(=O)Nc1cccc(Nc2nc(Nc3ccc(N4CCN(C)CC4)cc3)nc3c2CCCC3)c1. The number of nitrogens with one attached hydrogen (secondary N) is 3. The normalized spacial score (nSPS) is 15.6. The fourth-order valence-corrected chi connectivity index (χ4v) is 4.71. The molecule has 0 unspecified atom stereocenters. The van der Waals surface area contributed by atoms with Crippen molar-refractivity contribution >= 4 is 40.4 Å². The van der Waals surface area contributed by atoms with Crippen molar-refractivity contribution in [2.45, 2.75) is 25.7 Å². The fourth-order valence-electron chi connectivity index (χ4n) is 4.71. The van der Waals surface area contributed by atoms with Gasteiger partial charge in [-0.25, -0.2) is 4.98 Å². The number of benzene rings is 2. The zero-order valence-corrected chi connectivity index (χ0v) is 20.8. The number of likely N-dealkylation sites (N-methyl/N-ethyl adjacent to an activating group) is 1. The molecule has 2 aromatic carbocycles. The van der Waals surface area contributed by atoms with Crippen LogP contribution in [-0.4, -0.2) is 54.0 Å². The van der Waals surface area contributed by atoms with Crippen molar-refractivity contribution in [3.63, 3.8) is 0 Å². The van der Waals surface area contributed by atoms with Gasteiger partial charge in [0.1, 0.15) is 5.82 Å². The molecule has 1 aliphatic heterocycles. The van der Waals surface area contributed by atoms with Crippen LogP contribution in [0.1, 0.15) is 24.1 Å². The average Bonchev–Trinajstić information content (AvgIpc) is 2.90. The van der Waals surface area contributed by atoms with E-state index in [9.17, 15) is 4.79 Å². The van der Waals surface area contributed by atoms with Crippen LogP contribution in [0, 0.1) is 0 Å². The summed E-state index contributed by atoms with van der Waals surface area (Å²) in [6.45, 7) is 7.78. The van der Waals surface area contributed by atoms with E-state index < -0.39 is 0 Å². The molecule has 8 heteroatoms. The first-order chi connectivity index (χ1) is 17.6. The van der Waals surface area contributed by atoms with E-state index in [4.69, 9.17) is 9.97 Å². The van der Waals surface area contributed by atoms with E-state index in [-0.39, 0.29) is 5.91 Å². The van der Waals surface area contributed by atoms with E-state index in [0.717, 1.165) is 80.3 Å². The minimum Gasteiger partial charge on any atom is -0.369 e. The highest BCUT2D eigenvalue weighted by atomic mass is 16.1. The van der Waals surface area contributed by atoms with Crippen LogP contribution < -0.4 is 20.9 Å². The second kappa shape index (κ2) is 10.8. The van der Waals surface area contributed by atoms with Crippen molar-refractivity contribution in [1.29, 1.82) is 0 Å². The lowest BCUT2D eigenvalue weighted by Crippen LogP contribution is -2.44. The molecule has 186 valence electrons. The predicted molar refractivity (Wildman–Crippen MR) is 147 cm³/mol. The second-order valence-electron chi connectivity index (χ2n) is 9.39. The first-order valence-electron chi connectivity index (χ1n) is 12.6. The number of nitrogens with zero attached hydrogens (tertiary/aromatic N) is 4. The summed E-state index contributed by atoms with van der Waals surface area (Å²) in [5, 5.41) is 9.68. The standard InChI is InChI=1S/C28H33N7O/c1-3-26(36)29-21-7-6-8-22(19-21)30-27-24-9-4-5-10-25(24)32-28(33-27)31-20-11-13-23(14-12-20)35-17-15-34(2)16-18-35/h3,6-8,11-14,19H,1,4-5,9-10,15-18H2,2H3,(H,29,36)(H2,30,31,32,33). The molecular formula is C28H33N7O. The highest BCUT2D eigenvalue weighted by Gasteiger charge is 2.19. The maximum Gasteiger partial charge on any atom is 0.247 e. The van der Waals surface area contributed by atoms with Gasteiger partial charge in [-0.05, 0) is 81.3 Å². The van der Waals surface area contributed by atoms with Crippen LogP contribution in [0.3, 0.4) is 0 Å². The zero-order chi connectivity index (χ0) is 24.9. The largest absolute Gasteiger partial charge is 0.369 e. The summed E-state index contributed by atoms with van der Waals surface area (Å²) in [6.07, 6.45) is 5.41. The van der Waals surface area contributed by atoms with Crippen molar-refractivity contribution < 1.29 is 4.79 Å². The molecule has 1 amide bonds. The fraction of sp³-hybridized carbons (Fsp3) is 0.321. The number of hydrogen-bond acceptors (Lipinski definition) is 7. The monoisotopic (exact) mass is 483 g/mol. The summed E-state index contributed by atoms with van der Waals surface area (Å²) in [5.74, 6) is 1.15. The second-order valence-corrected chi connectivity index (χ2v) is 9.39. The first-order valence-corrected chi connectivity index (χ1v) is 12.6. The maximum absolute atomic E-state index is 11.7. The summed E-state index contributed by atoms with van der Waals surface area (Å²) in [4.78, 5) is 26.2. The number of amides is 1. The summed E-state index contributed by atoms with van der Waals surface area (Å²) in [6, 6.07) is 16.1. The van der Waals surface area contributed by atoms with E-state index in [1.165, 1.54) is 11.8 Å². The van der Waals surface area contributed by atoms with Crippen LogP contribution in [0.5, 0.6) is 0 Å². The van der Waals surface area contributed by atoms with Crippen molar-refractivity contribution in [1.82, 2.24) is 14.9 Å². The van der Waals surface area contributed by atoms with Gasteiger partial charge in [0.15, 0.2) is 0 Å². The lowest BCUT2D eigenvalue weighted by Gasteiger charge is -2.34. The Bertz CT molecular complexity index is 1230. The number of aromatic nitrogens is 2. The number of rotatable bonds is 7. The van der Waals surface area contributed by atoms with Gasteiger partial charge in [0.05, 0.1) is 5.69 Å². The third kappa shape index (κ3) is 5.66. The van der Waals surface area contributed by atoms with Crippen LogP contribution in [0.15, 0.2) is 61.2 Å². The zero-order valence-electron chi connectivity index (χ0n) is 20.8. The lowest BCUT2D eigenvalue weighted by molar-refractivity contribution is -0.111. The van der Waals surface area contributed by atoms with Gasteiger partial charge in [0.25, 0.3) is 0 Å². The number of carbonyl (C=O) groups is 1. The molecule has 3 aromatic rings. The third-order valence-corrected chi connectivity index (χ3v) is 6.75. The molecule has 1 aromatic heterocycles. The van der Waals surface area contributed by atoms with Crippen molar-refractivity contribution in [3.05, 3.63) is 72.4 Å². The molecule has 2 heterocycles. The van der Waals surface area contributed by atoms with Gasteiger partial charge in [0, 0.05) is 54.5 Å². The summed E-state index contributed by atoms with van der Waals surface area (Å²) >= 11 is 0. The number of fused-ring (bicyclic) bond motifs is 1. The molecule has 0 spiro atoms. The Labute approximate surface area is 212 Å². The molecule has 1 saturated heterocycles. The van der Waals surface area contributed by atoms with E-state index in [1.807, 2.05) is 24.3 Å². The smallest absolute Gasteiger partial charge is 0.247 e. The predicted octanol–water partition coefficient (Wildman–Crippen LogP) is 4.72. The first kappa shape index (κ1) is 23.8. The Morgan fingerprint density at radius 2 is 1.67 bits per heavy atom. The molecule has 3 N–H and O–H groups in total. The topological polar surface area (TPSA) is 85.4 Å². The molecule has 0 radical (unpaired) electrons. The van der Waals surface area contributed by atoms with Gasteiger partial charge >= 0.3 is 0 Å². The van der Waals surface area contributed by atoms with Crippen molar-refractivity contribution in [2.75, 3.05) is 54.1 Å². The van der Waals surface area contributed by atoms with Gasteiger partial charge in [-0.15, -0.1) is 0 Å². The highest BCUT2D eigenvalue weighted by molar-refractivity contribution is 5.99. The molecule has 1 fully saturated rings. The molecule has 0 saturated carbocycles. The van der Waals surface area contributed by atoms with Gasteiger partial charge < -0.3 is 25.8 Å². The van der Waals surface area contributed by atoms with Crippen LogP contribution >= 0.6 is 0 Å². The van der Waals surface area contributed by atoms with E-state index >= 15 is 0 Å². The molecule has 2 aliphatic rings. The molecule has 0 atom stereocenters. The Morgan fingerprint density at radius 3 is 2.44 bits per heavy atom. The maximum atomic E-state index is 11.7. The van der Waals surface area contributed by atoms with Crippen molar-refractivity contribution in [2.24, 2.45) is 0 Å². The molecule has 36 heavy (non-hydrogen) atoms. The third-order valence-electron chi connectivity index (χ3n) is 6.75. The number of piperazine rings is 1. The molecular weight excluding hydrogens is 450 g/mol. The number of aryl methyl sites for hydroxylation is 1. The van der Waals surface area contributed by atoms with Crippen LogP contribution in [0.2, 0.25) is 0 Å². The van der Waals surface area contributed by atoms with E-state index in [1.54, 1.807) is 0 Å². The number of anilines is 6. The Kier molecular flexibility index (Phi) is 7.13. The minimum absolute atomic E-state index is 0.239. The highest BCUT2D eigenvalue weighted by Crippen LogP contribution is 2.30. The molecule has 0 bridgehead atoms. The molecule has 8 nitrogen and oxygen atoms in total. The Hall–Kier alpha value is -3.91. The summed E-state index contributed by atoms with van der Waals surface area (Å²) in [7, 11) is 2.17. The van der Waals surface area contributed by atoms with Gasteiger partial charge in [-0.1, -0.05) is 12.6 Å². The quantitative estimate of drug-likeness (QED) is 0.419. The van der Waals surface area contributed by atoms with E-state index in [2.05, 4.69) is 63.6 Å². The van der Waals surface area contributed by atoms with E-state index in [0.29, 0.717) is 11.6 Å². The number of carbonyl (C=O) groups excluding carboxylic acids is 1. The van der Waals surface area contributed by atoms with Crippen molar-refractivity contribution in [3.8, 4) is 0 Å². The van der Waals surface area contributed by atoms with Gasteiger partial charge in [0.2, 0.25) is 11.9 Å². The lowest BCUT2D eigenvalue weighted by atomic mass is 9.96. The van der Waals surface area contributed by atoms with Crippen LogP contribution in [0.25, 0.3) is 0 Å². The minimum atomic E-state index is -0.239.